The molecule has 0 saturated heterocycles. The predicted molar refractivity (Wildman–Crippen MR) is 88.5 cm³/mol. The summed E-state index contributed by atoms with van der Waals surface area (Å²) < 4.78 is 5.72. The second-order valence-corrected chi connectivity index (χ2v) is 5.09. The minimum Gasteiger partial charge on any atom is -0.507 e. The predicted octanol–water partition coefficient (Wildman–Crippen LogP) is 4.19. The zero-order valence-electron chi connectivity index (χ0n) is 11.9. The van der Waals surface area contributed by atoms with E-state index in [4.69, 9.17) is 17.0 Å². The van der Waals surface area contributed by atoms with Crippen LogP contribution in [-0.4, -0.2) is 22.2 Å². The maximum absolute atomic E-state index is 10.0. The third-order valence-corrected chi connectivity index (χ3v) is 3.52. The van der Waals surface area contributed by atoms with Crippen molar-refractivity contribution >= 4 is 12.2 Å². The summed E-state index contributed by atoms with van der Waals surface area (Å²) in [5.74, 6) is 0.907. The highest BCUT2D eigenvalue weighted by Crippen LogP contribution is 2.32. The van der Waals surface area contributed by atoms with Crippen LogP contribution in [-0.2, 0) is 0 Å². The van der Waals surface area contributed by atoms with E-state index in [-0.39, 0.29) is 5.75 Å². The first kappa shape index (κ1) is 14.3. The number of aromatic hydroxyl groups is 1. The van der Waals surface area contributed by atoms with Gasteiger partial charge in [0.2, 0.25) is 0 Å². The van der Waals surface area contributed by atoms with Gasteiger partial charge in [-0.25, -0.2) is 4.98 Å². The van der Waals surface area contributed by atoms with E-state index in [2.05, 4.69) is 9.97 Å². The number of nitrogens with zero attached hydrogens (tertiary/aromatic N) is 1. The van der Waals surface area contributed by atoms with Crippen molar-refractivity contribution in [2.75, 3.05) is 7.11 Å². The molecule has 0 spiro atoms. The molecule has 22 heavy (non-hydrogen) atoms. The fourth-order valence-corrected chi connectivity index (χ4v) is 2.51. The molecule has 2 N–H and O–H groups in total. The Bertz CT molecular complexity index is 874. The molecular formula is C17H14N2O2S. The van der Waals surface area contributed by atoms with Gasteiger partial charge in [0.05, 0.1) is 18.5 Å². The van der Waals surface area contributed by atoms with E-state index in [1.165, 1.54) is 0 Å². The molecule has 2 aromatic carbocycles. The molecule has 0 aliphatic carbocycles. The third-order valence-electron chi connectivity index (χ3n) is 3.32. The van der Waals surface area contributed by atoms with E-state index in [9.17, 15) is 5.11 Å². The second kappa shape index (κ2) is 5.99. The van der Waals surface area contributed by atoms with Crippen molar-refractivity contribution < 1.29 is 9.84 Å². The summed E-state index contributed by atoms with van der Waals surface area (Å²) in [6.07, 6.45) is 0. The van der Waals surface area contributed by atoms with Gasteiger partial charge in [0.1, 0.15) is 11.5 Å². The maximum Gasteiger partial charge on any atom is 0.197 e. The summed E-state index contributed by atoms with van der Waals surface area (Å²) >= 11 is 5.22. The molecule has 0 unspecified atom stereocenters. The number of methoxy groups -OCH3 is 1. The molecule has 0 amide bonds. The van der Waals surface area contributed by atoms with Crippen molar-refractivity contribution in [2.45, 2.75) is 0 Å². The van der Waals surface area contributed by atoms with Gasteiger partial charge in [-0.15, -0.1) is 0 Å². The summed E-state index contributed by atoms with van der Waals surface area (Å²) in [6.45, 7) is 0. The Kier molecular flexibility index (Phi) is 3.89. The van der Waals surface area contributed by atoms with Gasteiger partial charge < -0.3 is 14.8 Å². The Labute approximate surface area is 133 Å². The molecule has 4 nitrogen and oxygen atoms in total. The Balaban J connectivity index is 2.20. The SMILES string of the molecule is COc1ccccc1-c1cc(-c2ccccc2O)[nH]c(=S)n1. The monoisotopic (exact) mass is 310 g/mol. The zero-order chi connectivity index (χ0) is 15.5. The van der Waals surface area contributed by atoms with Gasteiger partial charge in [-0.3, -0.25) is 0 Å². The molecule has 0 radical (unpaired) electrons. The van der Waals surface area contributed by atoms with Crippen molar-refractivity contribution in [3.8, 4) is 34.0 Å². The summed E-state index contributed by atoms with van der Waals surface area (Å²) in [7, 11) is 1.62. The van der Waals surface area contributed by atoms with Crippen LogP contribution >= 0.6 is 12.2 Å². The average Bonchev–Trinajstić information content (AvgIpc) is 2.54. The van der Waals surface area contributed by atoms with Crippen molar-refractivity contribution in [3.05, 3.63) is 59.4 Å². The fourth-order valence-electron chi connectivity index (χ4n) is 2.30. The number of rotatable bonds is 3. The molecule has 0 fully saturated rings. The summed E-state index contributed by atoms with van der Waals surface area (Å²) in [6, 6.07) is 16.5. The number of phenolic OH excluding ortho intramolecular Hbond substituents is 1. The van der Waals surface area contributed by atoms with E-state index in [0.717, 1.165) is 11.3 Å². The lowest BCUT2D eigenvalue weighted by Crippen LogP contribution is -1.94. The molecule has 0 aliphatic rings. The number of phenols is 1. The van der Waals surface area contributed by atoms with Crippen LogP contribution in [0.3, 0.4) is 0 Å². The highest BCUT2D eigenvalue weighted by atomic mass is 32.1. The first-order valence-electron chi connectivity index (χ1n) is 6.72. The van der Waals surface area contributed by atoms with Gasteiger partial charge in [-0.05, 0) is 42.5 Å². The number of ether oxygens (including phenoxy) is 1. The summed E-state index contributed by atoms with van der Waals surface area (Å²) in [4.78, 5) is 7.38. The number of H-pyrrole nitrogens is 1. The van der Waals surface area contributed by atoms with Gasteiger partial charge in [0, 0.05) is 11.1 Å². The molecule has 3 rings (SSSR count). The van der Waals surface area contributed by atoms with Crippen LogP contribution in [0.1, 0.15) is 0 Å². The largest absolute Gasteiger partial charge is 0.507 e. The van der Waals surface area contributed by atoms with E-state index < -0.39 is 0 Å². The topological polar surface area (TPSA) is 58.1 Å². The smallest absolute Gasteiger partial charge is 0.197 e. The number of hydrogen-bond donors (Lipinski definition) is 2. The van der Waals surface area contributed by atoms with Gasteiger partial charge in [0.15, 0.2) is 4.77 Å². The number of aromatic nitrogens is 2. The second-order valence-electron chi connectivity index (χ2n) is 4.70. The third kappa shape index (κ3) is 2.71. The van der Waals surface area contributed by atoms with Crippen LogP contribution in [0, 0.1) is 4.77 Å². The number of benzene rings is 2. The van der Waals surface area contributed by atoms with Crippen molar-refractivity contribution in [3.63, 3.8) is 0 Å². The van der Waals surface area contributed by atoms with Crippen molar-refractivity contribution in [2.24, 2.45) is 0 Å². The highest BCUT2D eigenvalue weighted by Gasteiger charge is 2.10. The number of nitrogens with one attached hydrogen (secondary N) is 1. The van der Waals surface area contributed by atoms with Crippen LogP contribution in [0.5, 0.6) is 11.5 Å². The lowest BCUT2D eigenvalue weighted by Gasteiger charge is -2.10. The molecule has 5 heteroatoms. The van der Waals surface area contributed by atoms with Gasteiger partial charge in [-0.1, -0.05) is 24.3 Å². The molecule has 0 atom stereocenters. The molecular weight excluding hydrogens is 296 g/mol. The van der Waals surface area contributed by atoms with Crippen LogP contribution in [0.15, 0.2) is 54.6 Å². The Hall–Kier alpha value is -2.66. The van der Waals surface area contributed by atoms with Crippen LogP contribution in [0.4, 0.5) is 0 Å². The first-order valence-corrected chi connectivity index (χ1v) is 7.13. The normalized spacial score (nSPS) is 10.4. The highest BCUT2D eigenvalue weighted by molar-refractivity contribution is 7.71. The molecule has 0 saturated carbocycles. The van der Waals surface area contributed by atoms with E-state index in [1.807, 2.05) is 42.5 Å². The standard InChI is InChI=1S/C17H14N2O2S/c1-21-16-9-5-3-7-12(16)14-10-13(18-17(22)19-14)11-6-2-4-8-15(11)20/h2-10,20H,1H3,(H,18,19,22). The van der Waals surface area contributed by atoms with Gasteiger partial charge >= 0.3 is 0 Å². The minimum atomic E-state index is 0.185. The van der Waals surface area contributed by atoms with Crippen molar-refractivity contribution in [1.82, 2.24) is 9.97 Å². The Morgan fingerprint density at radius 3 is 2.45 bits per heavy atom. The number of hydrogen-bond acceptors (Lipinski definition) is 4. The van der Waals surface area contributed by atoms with Gasteiger partial charge in [0.25, 0.3) is 0 Å². The van der Waals surface area contributed by atoms with Crippen LogP contribution in [0.25, 0.3) is 22.5 Å². The quantitative estimate of drug-likeness (QED) is 0.712. The lowest BCUT2D eigenvalue weighted by atomic mass is 10.1. The van der Waals surface area contributed by atoms with Crippen LogP contribution < -0.4 is 4.74 Å². The first-order chi connectivity index (χ1) is 10.7. The van der Waals surface area contributed by atoms with Crippen molar-refractivity contribution in [1.29, 1.82) is 0 Å². The Morgan fingerprint density at radius 2 is 1.73 bits per heavy atom. The molecule has 110 valence electrons. The minimum absolute atomic E-state index is 0.185. The number of aromatic amines is 1. The van der Waals surface area contributed by atoms with E-state index >= 15 is 0 Å². The van der Waals surface area contributed by atoms with E-state index in [1.54, 1.807) is 19.2 Å². The summed E-state index contributed by atoms with van der Waals surface area (Å²) in [5, 5.41) is 10.0. The molecule has 0 aliphatic heterocycles. The fraction of sp³-hybridized carbons (Fsp3) is 0.0588. The molecule has 1 heterocycles. The maximum atomic E-state index is 10.0. The lowest BCUT2D eigenvalue weighted by molar-refractivity contribution is 0.416. The molecule has 3 aromatic rings. The zero-order valence-corrected chi connectivity index (χ0v) is 12.7. The van der Waals surface area contributed by atoms with E-state index in [0.29, 0.717) is 21.7 Å². The molecule has 1 aromatic heterocycles. The van der Waals surface area contributed by atoms with Gasteiger partial charge in [-0.2, -0.15) is 0 Å². The average molecular weight is 310 g/mol. The Morgan fingerprint density at radius 1 is 1.05 bits per heavy atom. The molecule has 0 bridgehead atoms. The van der Waals surface area contributed by atoms with Crippen LogP contribution in [0.2, 0.25) is 0 Å². The number of para-hydroxylation sites is 2. The summed E-state index contributed by atoms with van der Waals surface area (Å²) in [5.41, 5.74) is 2.92.